The third kappa shape index (κ3) is 4.47. The average molecular weight is 249 g/mol. The molecule has 0 aromatic carbocycles. The second-order valence-electron chi connectivity index (χ2n) is 4.23. The average Bonchev–Trinajstić information content (AvgIpc) is 2.34. The molecule has 4 heteroatoms. The zero-order valence-electron chi connectivity index (χ0n) is 11.6. The molecule has 0 amide bonds. The van der Waals surface area contributed by atoms with Gasteiger partial charge in [-0.3, -0.25) is 0 Å². The molecule has 0 spiro atoms. The van der Waals surface area contributed by atoms with Crippen LogP contribution in [-0.2, 0) is 11.3 Å². The second kappa shape index (κ2) is 7.84. The largest absolute Gasteiger partial charge is 0.383 e. The monoisotopic (exact) mass is 249 g/mol. The topological polar surface area (TPSA) is 37.4 Å². The van der Waals surface area contributed by atoms with E-state index in [1.807, 2.05) is 20.0 Å². The number of methoxy groups -OCH3 is 1. The molecular formula is C14H23N3O. The van der Waals surface area contributed by atoms with Crippen LogP contribution in [0.15, 0.2) is 24.8 Å². The molecule has 1 rings (SSSR count). The summed E-state index contributed by atoms with van der Waals surface area (Å²) in [6.07, 6.45) is 1.89. The van der Waals surface area contributed by atoms with Crippen molar-refractivity contribution >= 4 is 5.82 Å². The Labute approximate surface area is 110 Å². The van der Waals surface area contributed by atoms with Crippen molar-refractivity contribution in [2.75, 3.05) is 38.8 Å². The first-order valence-corrected chi connectivity index (χ1v) is 6.18. The summed E-state index contributed by atoms with van der Waals surface area (Å²) < 4.78 is 5.13. The molecule has 1 aromatic heterocycles. The molecule has 1 N–H and O–H groups in total. The van der Waals surface area contributed by atoms with E-state index in [0.29, 0.717) is 6.61 Å². The van der Waals surface area contributed by atoms with Crippen LogP contribution < -0.4 is 10.2 Å². The van der Waals surface area contributed by atoms with E-state index in [9.17, 15) is 0 Å². The Hall–Kier alpha value is -1.39. The van der Waals surface area contributed by atoms with Crippen LogP contribution in [0.1, 0.15) is 11.3 Å². The minimum atomic E-state index is 0.685. The van der Waals surface area contributed by atoms with Gasteiger partial charge in [0.15, 0.2) is 0 Å². The maximum atomic E-state index is 5.13. The van der Waals surface area contributed by atoms with Gasteiger partial charge in [-0.05, 0) is 31.7 Å². The molecule has 0 aliphatic heterocycles. The SMILES string of the molecule is C=CCN(CCOC)c1cc(CNC)cc(C)n1. The molecule has 0 fully saturated rings. The van der Waals surface area contributed by atoms with Gasteiger partial charge >= 0.3 is 0 Å². The number of hydrogen-bond acceptors (Lipinski definition) is 4. The summed E-state index contributed by atoms with van der Waals surface area (Å²) >= 11 is 0. The van der Waals surface area contributed by atoms with Crippen LogP contribution in [0.2, 0.25) is 0 Å². The standard InChI is InChI=1S/C14H23N3O/c1-5-6-17(7-8-18-4)14-10-13(11-15-3)9-12(2)16-14/h5,9-10,15H,1,6-8,11H2,2-4H3. The van der Waals surface area contributed by atoms with E-state index in [1.165, 1.54) is 5.56 Å². The van der Waals surface area contributed by atoms with Gasteiger partial charge in [-0.1, -0.05) is 6.08 Å². The Balaban J connectivity index is 2.91. The summed E-state index contributed by atoms with van der Waals surface area (Å²) in [5, 5.41) is 3.16. The number of rotatable bonds is 8. The molecule has 0 saturated heterocycles. The van der Waals surface area contributed by atoms with E-state index in [2.05, 4.69) is 33.9 Å². The van der Waals surface area contributed by atoms with Crippen LogP contribution in [0, 0.1) is 6.92 Å². The highest BCUT2D eigenvalue weighted by atomic mass is 16.5. The maximum Gasteiger partial charge on any atom is 0.129 e. The zero-order valence-corrected chi connectivity index (χ0v) is 11.6. The summed E-state index contributed by atoms with van der Waals surface area (Å²) in [5.74, 6) is 0.984. The quantitative estimate of drug-likeness (QED) is 0.712. The Bertz CT molecular complexity index is 379. The summed E-state index contributed by atoms with van der Waals surface area (Å²) in [5.41, 5.74) is 2.27. The maximum absolute atomic E-state index is 5.13. The van der Waals surface area contributed by atoms with Crippen molar-refractivity contribution in [3.63, 3.8) is 0 Å². The highest BCUT2D eigenvalue weighted by Gasteiger charge is 2.08. The fraction of sp³-hybridized carbons (Fsp3) is 0.500. The van der Waals surface area contributed by atoms with Gasteiger partial charge in [-0.15, -0.1) is 6.58 Å². The number of aromatic nitrogens is 1. The van der Waals surface area contributed by atoms with E-state index in [1.54, 1.807) is 7.11 Å². The van der Waals surface area contributed by atoms with Gasteiger partial charge in [0.05, 0.1) is 6.61 Å². The van der Waals surface area contributed by atoms with Gasteiger partial charge in [0.25, 0.3) is 0 Å². The molecule has 0 atom stereocenters. The number of aryl methyl sites for hydroxylation is 1. The first-order chi connectivity index (χ1) is 8.71. The van der Waals surface area contributed by atoms with Gasteiger partial charge in [0.2, 0.25) is 0 Å². The summed E-state index contributed by atoms with van der Waals surface area (Å²) in [6.45, 7) is 8.94. The van der Waals surface area contributed by atoms with Crippen LogP contribution in [0.25, 0.3) is 0 Å². The van der Waals surface area contributed by atoms with Crippen molar-refractivity contribution in [3.8, 4) is 0 Å². The molecule has 0 aliphatic carbocycles. The number of ether oxygens (including phenoxy) is 1. The minimum Gasteiger partial charge on any atom is -0.383 e. The number of nitrogens with zero attached hydrogens (tertiary/aromatic N) is 2. The van der Waals surface area contributed by atoms with Gasteiger partial charge in [0, 0.05) is 32.4 Å². The summed E-state index contributed by atoms with van der Waals surface area (Å²) in [6, 6.07) is 4.21. The normalized spacial score (nSPS) is 10.4. The molecule has 0 aliphatic rings. The number of nitrogens with one attached hydrogen (secondary N) is 1. The van der Waals surface area contributed by atoms with E-state index in [4.69, 9.17) is 4.74 Å². The lowest BCUT2D eigenvalue weighted by molar-refractivity contribution is 0.205. The van der Waals surface area contributed by atoms with Crippen molar-refractivity contribution in [3.05, 3.63) is 36.0 Å². The van der Waals surface area contributed by atoms with Crippen LogP contribution in [0.4, 0.5) is 5.82 Å². The first-order valence-electron chi connectivity index (χ1n) is 6.18. The fourth-order valence-corrected chi connectivity index (χ4v) is 1.85. The highest BCUT2D eigenvalue weighted by molar-refractivity contribution is 5.43. The van der Waals surface area contributed by atoms with Gasteiger partial charge in [-0.2, -0.15) is 0 Å². The van der Waals surface area contributed by atoms with Gasteiger partial charge in [-0.25, -0.2) is 4.98 Å². The number of hydrogen-bond donors (Lipinski definition) is 1. The second-order valence-corrected chi connectivity index (χ2v) is 4.23. The van der Waals surface area contributed by atoms with Crippen molar-refractivity contribution in [2.45, 2.75) is 13.5 Å². The van der Waals surface area contributed by atoms with Gasteiger partial charge in [0.1, 0.15) is 5.82 Å². The van der Waals surface area contributed by atoms with Crippen LogP contribution in [0.5, 0.6) is 0 Å². The fourth-order valence-electron chi connectivity index (χ4n) is 1.85. The zero-order chi connectivity index (χ0) is 13.4. The lowest BCUT2D eigenvalue weighted by Crippen LogP contribution is -2.28. The van der Waals surface area contributed by atoms with Crippen LogP contribution in [-0.4, -0.2) is 38.8 Å². The Kier molecular flexibility index (Phi) is 6.39. The molecular weight excluding hydrogens is 226 g/mol. The smallest absolute Gasteiger partial charge is 0.129 e. The lowest BCUT2D eigenvalue weighted by atomic mass is 10.2. The van der Waals surface area contributed by atoms with Crippen LogP contribution in [0.3, 0.4) is 0 Å². The Morgan fingerprint density at radius 1 is 1.50 bits per heavy atom. The Morgan fingerprint density at radius 3 is 2.89 bits per heavy atom. The predicted molar refractivity (Wildman–Crippen MR) is 76.0 cm³/mol. The molecule has 4 nitrogen and oxygen atoms in total. The molecule has 1 heterocycles. The number of anilines is 1. The van der Waals surface area contributed by atoms with E-state index in [-0.39, 0.29) is 0 Å². The molecule has 18 heavy (non-hydrogen) atoms. The molecule has 0 bridgehead atoms. The highest BCUT2D eigenvalue weighted by Crippen LogP contribution is 2.15. The van der Waals surface area contributed by atoms with Crippen molar-refractivity contribution < 1.29 is 4.74 Å². The van der Waals surface area contributed by atoms with E-state index < -0.39 is 0 Å². The molecule has 0 saturated carbocycles. The molecule has 0 radical (unpaired) electrons. The lowest BCUT2D eigenvalue weighted by Gasteiger charge is -2.22. The predicted octanol–water partition coefficient (Wildman–Crippen LogP) is 1.75. The van der Waals surface area contributed by atoms with Crippen molar-refractivity contribution in [2.24, 2.45) is 0 Å². The summed E-state index contributed by atoms with van der Waals surface area (Å²) in [7, 11) is 3.66. The third-order valence-electron chi connectivity index (χ3n) is 2.62. The van der Waals surface area contributed by atoms with E-state index >= 15 is 0 Å². The van der Waals surface area contributed by atoms with Crippen LogP contribution >= 0.6 is 0 Å². The summed E-state index contributed by atoms with van der Waals surface area (Å²) in [4.78, 5) is 6.75. The number of pyridine rings is 1. The molecule has 0 unspecified atom stereocenters. The molecule has 1 aromatic rings. The molecule has 100 valence electrons. The van der Waals surface area contributed by atoms with Gasteiger partial charge < -0.3 is 15.0 Å². The first kappa shape index (κ1) is 14.7. The third-order valence-corrected chi connectivity index (χ3v) is 2.62. The van der Waals surface area contributed by atoms with E-state index in [0.717, 1.165) is 31.1 Å². The Morgan fingerprint density at radius 2 is 2.28 bits per heavy atom. The minimum absolute atomic E-state index is 0.685. The van der Waals surface area contributed by atoms with Crippen molar-refractivity contribution in [1.29, 1.82) is 0 Å². The van der Waals surface area contributed by atoms with Crippen molar-refractivity contribution in [1.82, 2.24) is 10.3 Å².